The van der Waals surface area contributed by atoms with Crippen LogP contribution in [-0.2, 0) is 9.53 Å². The molecular weight excluding hydrogens is 647 g/mol. The third-order valence-corrected chi connectivity index (χ3v) is 9.68. The van der Waals surface area contributed by atoms with Crippen LogP contribution in [0.15, 0.2) is 136 Å². The van der Waals surface area contributed by atoms with Crippen LogP contribution in [0.5, 0.6) is 11.5 Å². The molecule has 0 spiro atoms. The molecule has 0 radical (unpaired) electrons. The Morgan fingerprint density at radius 2 is 1.52 bits per heavy atom. The summed E-state index contributed by atoms with van der Waals surface area (Å²) in [6.07, 6.45) is 1.93. The molecule has 0 N–H and O–H groups in total. The highest BCUT2D eigenvalue weighted by Gasteiger charge is 2.35. The predicted octanol–water partition coefficient (Wildman–Crippen LogP) is 6.94. The van der Waals surface area contributed by atoms with Crippen molar-refractivity contribution < 1.29 is 19.0 Å². The van der Waals surface area contributed by atoms with Crippen LogP contribution in [0.2, 0.25) is 0 Å². The molecule has 7 rings (SSSR count). The van der Waals surface area contributed by atoms with Crippen molar-refractivity contribution in [1.29, 1.82) is 0 Å². The van der Waals surface area contributed by atoms with Gasteiger partial charge in [0.15, 0.2) is 4.80 Å². The second-order valence-corrected chi connectivity index (χ2v) is 12.7. The highest BCUT2D eigenvalue weighted by molar-refractivity contribution is 7.07. The molecular formula is C41H35N3O5S. The number of para-hydroxylation sites is 1. The van der Waals surface area contributed by atoms with Crippen molar-refractivity contribution in [1.82, 2.24) is 9.13 Å². The molecule has 0 bridgehead atoms. The Bertz CT molecular complexity index is 2410. The molecule has 6 aromatic rings. The zero-order chi connectivity index (χ0) is 34.8. The van der Waals surface area contributed by atoms with Gasteiger partial charge in [0.05, 0.1) is 48.0 Å². The second kappa shape index (κ2) is 13.9. The Balaban J connectivity index is 1.52. The fourth-order valence-corrected chi connectivity index (χ4v) is 7.52. The molecule has 4 aromatic carbocycles. The highest BCUT2D eigenvalue weighted by Crippen LogP contribution is 2.39. The SMILES string of the molecule is CCOC(=O)C1=C(C)N=c2s/c(=C\c3cc(-c4ccccc4)n(-c4ccccc4)c3-c3ccccc3)c(=O)n2[C@@H]1c1cc(OC)ccc1OC. The van der Waals surface area contributed by atoms with Crippen molar-refractivity contribution in [2.45, 2.75) is 19.9 Å². The number of methoxy groups -OCH3 is 2. The van der Waals surface area contributed by atoms with E-state index in [0.717, 1.165) is 33.8 Å². The molecule has 0 saturated heterocycles. The molecule has 1 atom stereocenters. The Morgan fingerprint density at radius 3 is 2.16 bits per heavy atom. The summed E-state index contributed by atoms with van der Waals surface area (Å²) in [5.41, 5.74) is 6.85. The summed E-state index contributed by atoms with van der Waals surface area (Å²) in [5.74, 6) is 0.515. The van der Waals surface area contributed by atoms with Crippen LogP contribution in [0.25, 0.3) is 34.3 Å². The minimum absolute atomic E-state index is 0.173. The molecule has 1 aliphatic rings. The Morgan fingerprint density at radius 1 is 0.860 bits per heavy atom. The number of carbonyl (C=O) groups excluding carboxylic acids is 1. The molecule has 2 aromatic heterocycles. The minimum atomic E-state index is -0.861. The maximum atomic E-state index is 14.7. The van der Waals surface area contributed by atoms with Gasteiger partial charge in [-0.2, -0.15) is 0 Å². The summed E-state index contributed by atoms with van der Waals surface area (Å²) in [7, 11) is 3.13. The van der Waals surface area contributed by atoms with Crippen LogP contribution < -0.4 is 24.4 Å². The van der Waals surface area contributed by atoms with Crippen LogP contribution in [0.1, 0.15) is 31.0 Å². The molecule has 250 valence electrons. The molecule has 0 aliphatic carbocycles. The predicted molar refractivity (Wildman–Crippen MR) is 197 cm³/mol. The number of rotatable bonds is 9. The van der Waals surface area contributed by atoms with E-state index in [9.17, 15) is 9.59 Å². The zero-order valence-electron chi connectivity index (χ0n) is 28.1. The van der Waals surface area contributed by atoms with Crippen LogP contribution in [-0.4, -0.2) is 35.9 Å². The van der Waals surface area contributed by atoms with Gasteiger partial charge < -0.3 is 18.8 Å². The number of ether oxygens (including phenoxy) is 3. The lowest BCUT2D eigenvalue weighted by Gasteiger charge is -2.26. The number of thiazole rings is 1. The topological polar surface area (TPSA) is 84.1 Å². The number of esters is 1. The third-order valence-electron chi connectivity index (χ3n) is 8.70. The van der Waals surface area contributed by atoms with E-state index >= 15 is 0 Å². The smallest absolute Gasteiger partial charge is 0.338 e. The monoisotopic (exact) mass is 681 g/mol. The number of fused-ring (bicyclic) bond motifs is 1. The molecule has 0 unspecified atom stereocenters. The van der Waals surface area contributed by atoms with Crippen LogP contribution in [0.3, 0.4) is 0 Å². The van der Waals surface area contributed by atoms with Gasteiger partial charge in [0.25, 0.3) is 5.56 Å². The molecule has 9 heteroatoms. The highest BCUT2D eigenvalue weighted by atomic mass is 32.1. The van der Waals surface area contributed by atoms with Gasteiger partial charge in [-0.05, 0) is 67.4 Å². The van der Waals surface area contributed by atoms with Crippen molar-refractivity contribution in [2.75, 3.05) is 20.8 Å². The van der Waals surface area contributed by atoms with Gasteiger partial charge in [-0.15, -0.1) is 0 Å². The fraction of sp³-hybridized carbons (Fsp3) is 0.146. The maximum absolute atomic E-state index is 14.7. The molecule has 8 nitrogen and oxygen atoms in total. The van der Waals surface area contributed by atoms with Gasteiger partial charge in [-0.3, -0.25) is 9.36 Å². The first-order chi connectivity index (χ1) is 24.4. The van der Waals surface area contributed by atoms with Gasteiger partial charge in [-0.25, -0.2) is 9.79 Å². The second-order valence-electron chi connectivity index (χ2n) is 11.6. The van der Waals surface area contributed by atoms with Gasteiger partial charge >= 0.3 is 5.97 Å². The minimum Gasteiger partial charge on any atom is -0.497 e. The first kappa shape index (κ1) is 32.6. The lowest BCUT2D eigenvalue weighted by molar-refractivity contribution is -0.139. The molecule has 1 aliphatic heterocycles. The summed E-state index contributed by atoms with van der Waals surface area (Å²) in [6.45, 7) is 3.69. The van der Waals surface area contributed by atoms with Crippen molar-refractivity contribution in [3.63, 3.8) is 0 Å². The standard InChI is InChI=1S/C41H35N3O5S/c1-5-49-40(46)36-26(2)42-41-44(38(36)32-25-31(47-3)21-22-34(32)48-4)39(45)35(50-41)24-29-23-33(27-15-9-6-10-16-27)43(30-19-13-8-14-20-30)37(29)28-17-11-7-12-18-28/h6-25,38H,5H2,1-4H3/b35-24-/t38-/m1/s1. The quantitative estimate of drug-likeness (QED) is 0.155. The number of aromatic nitrogens is 2. The van der Waals surface area contributed by atoms with Crippen LogP contribution >= 0.6 is 11.3 Å². The van der Waals surface area contributed by atoms with Gasteiger partial charge in [0.2, 0.25) is 0 Å². The first-order valence-corrected chi connectivity index (χ1v) is 17.1. The van der Waals surface area contributed by atoms with Gasteiger partial charge in [0.1, 0.15) is 17.5 Å². The normalized spacial score (nSPS) is 14.2. The lowest BCUT2D eigenvalue weighted by Crippen LogP contribution is -2.40. The summed E-state index contributed by atoms with van der Waals surface area (Å²) < 4.78 is 21.1. The van der Waals surface area contributed by atoms with Crippen LogP contribution in [0, 0.1) is 0 Å². The molecule has 0 fully saturated rings. The average Bonchev–Trinajstić information content (AvgIpc) is 3.68. The fourth-order valence-electron chi connectivity index (χ4n) is 6.48. The summed E-state index contributed by atoms with van der Waals surface area (Å²) in [6, 6.07) is 37.2. The number of hydrogen-bond acceptors (Lipinski definition) is 7. The summed E-state index contributed by atoms with van der Waals surface area (Å²) in [4.78, 5) is 33.5. The third kappa shape index (κ3) is 5.86. The number of allylic oxidation sites excluding steroid dienone is 1. The van der Waals surface area contributed by atoms with E-state index in [-0.39, 0.29) is 17.7 Å². The van der Waals surface area contributed by atoms with Gasteiger partial charge in [0, 0.05) is 16.8 Å². The Labute approximate surface area is 293 Å². The molecule has 3 heterocycles. The van der Waals surface area contributed by atoms with E-state index in [2.05, 4.69) is 47.0 Å². The number of benzene rings is 4. The van der Waals surface area contributed by atoms with E-state index in [1.807, 2.05) is 60.7 Å². The summed E-state index contributed by atoms with van der Waals surface area (Å²) in [5, 5.41) is 0. The van der Waals surface area contributed by atoms with E-state index < -0.39 is 12.0 Å². The summed E-state index contributed by atoms with van der Waals surface area (Å²) >= 11 is 1.28. The van der Waals surface area contributed by atoms with Crippen molar-refractivity contribution in [3.8, 4) is 39.7 Å². The van der Waals surface area contributed by atoms with Crippen molar-refractivity contribution in [3.05, 3.63) is 157 Å². The number of hydrogen-bond donors (Lipinski definition) is 0. The average molecular weight is 682 g/mol. The van der Waals surface area contributed by atoms with E-state index in [0.29, 0.717) is 32.1 Å². The molecule has 0 saturated carbocycles. The Hall–Kier alpha value is -5.93. The zero-order valence-corrected chi connectivity index (χ0v) is 28.9. The van der Waals surface area contributed by atoms with E-state index in [1.165, 1.54) is 11.3 Å². The van der Waals surface area contributed by atoms with Gasteiger partial charge in [-0.1, -0.05) is 90.2 Å². The maximum Gasteiger partial charge on any atom is 0.338 e. The van der Waals surface area contributed by atoms with E-state index in [1.54, 1.807) is 50.8 Å². The van der Waals surface area contributed by atoms with Crippen LogP contribution in [0.4, 0.5) is 0 Å². The molecule has 50 heavy (non-hydrogen) atoms. The largest absolute Gasteiger partial charge is 0.497 e. The van der Waals surface area contributed by atoms with Crippen molar-refractivity contribution in [2.24, 2.45) is 4.99 Å². The number of carbonyl (C=O) groups is 1. The van der Waals surface area contributed by atoms with Crippen molar-refractivity contribution >= 4 is 23.4 Å². The molecule has 0 amide bonds. The lowest BCUT2D eigenvalue weighted by atomic mass is 9.94. The number of nitrogens with zero attached hydrogens (tertiary/aromatic N) is 3. The van der Waals surface area contributed by atoms with E-state index in [4.69, 9.17) is 19.2 Å². The Kier molecular flexibility index (Phi) is 9.06. The first-order valence-electron chi connectivity index (χ1n) is 16.3.